The van der Waals surface area contributed by atoms with E-state index in [9.17, 15) is 9.59 Å². The normalized spacial score (nSPS) is 9.90. The van der Waals surface area contributed by atoms with E-state index in [1.54, 1.807) is 6.92 Å². The van der Waals surface area contributed by atoms with Gasteiger partial charge < -0.3 is 14.8 Å². The second-order valence-corrected chi connectivity index (χ2v) is 4.19. The third kappa shape index (κ3) is 6.22. The van der Waals surface area contributed by atoms with Gasteiger partial charge in [-0.15, -0.1) is 0 Å². The van der Waals surface area contributed by atoms with Crippen molar-refractivity contribution in [3.8, 4) is 5.75 Å². The molecule has 0 bridgehead atoms. The number of hydrogen-bond donors (Lipinski definition) is 1. The van der Waals surface area contributed by atoms with Crippen LogP contribution in [0.15, 0.2) is 24.3 Å². The van der Waals surface area contributed by atoms with Gasteiger partial charge in [-0.2, -0.15) is 0 Å². The highest BCUT2D eigenvalue weighted by atomic mass is 16.5. The van der Waals surface area contributed by atoms with Gasteiger partial charge in [-0.05, 0) is 31.0 Å². The lowest BCUT2D eigenvalue weighted by molar-refractivity contribution is -0.143. The molecule has 110 valence electrons. The largest absolute Gasteiger partial charge is 0.484 e. The lowest BCUT2D eigenvalue weighted by atomic mass is 10.2. The first-order valence-corrected chi connectivity index (χ1v) is 6.79. The number of carbonyl (C=O) groups is 2. The van der Waals surface area contributed by atoms with Crippen LogP contribution >= 0.6 is 0 Å². The Balaban J connectivity index is 2.20. The maximum atomic E-state index is 11.5. The van der Waals surface area contributed by atoms with Crippen molar-refractivity contribution >= 4 is 11.9 Å². The van der Waals surface area contributed by atoms with Crippen LogP contribution in [0.5, 0.6) is 5.75 Å². The fraction of sp³-hybridized carbons (Fsp3) is 0.467. The van der Waals surface area contributed by atoms with Gasteiger partial charge in [0.1, 0.15) is 5.75 Å². The number of benzene rings is 1. The van der Waals surface area contributed by atoms with Crippen molar-refractivity contribution in [2.75, 3.05) is 19.8 Å². The van der Waals surface area contributed by atoms with E-state index in [-0.39, 0.29) is 31.4 Å². The van der Waals surface area contributed by atoms with Crippen molar-refractivity contribution in [3.05, 3.63) is 29.8 Å². The van der Waals surface area contributed by atoms with E-state index in [2.05, 4.69) is 12.2 Å². The molecule has 0 spiro atoms. The van der Waals surface area contributed by atoms with E-state index in [1.807, 2.05) is 24.3 Å². The van der Waals surface area contributed by atoms with Gasteiger partial charge in [-0.1, -0.05) is 19.1 Å². The summed E-state index contributed by atoms with van der Waals surface area (Å²) < 4.78 is 10.1. The van der Waals surface area contributed by atoms with Crippen LogP contribution in [-0.2, 0) is 20.7 Å². The van der Waals surface area contributed by atoms with Gasteiger partial charge in [-0.25, -0.2) is 0 Å². The van der Waals surface area contributed by atoms with Gasteiger partial charge >= 0.3 is 5.97 Å². The molecule has 5 nitrogen and oxygen atoms in total. The van der Waals surface area contributed by atoms with Crippen LogP contribution in [0, 0.1) is 0 Å². The predicted octanol–water partition coefficient (Wildman–Crippen LogP) is 1.70. The topological polar surface area (TPSA) is 64.6 Å². The summed E-state index contributed by atoms with van der Waals surface area (Å²) in [5.41, 5.74) is 1.22. The van der Waals surface area contributed by atoms with Crippen LogP contribution < -0.4 is 10.1 Å². The van der Waals surface area contributed by atoms with E-state index in [4.69, 9.17) is 9.47 Å². The summed E-state index contributed by atoms with van der Waals surface area (Å²) in [6.07, 6.45) is 1.14. The number of rotatable bonds is 8. The molecule has 0 aliphatic heterocycles. The standard InChI is InChI=1S/C15H21NO4/c1-3-12-5-7-13(8-6-12)20-11-14(17)16-10-9-15(18)19-4-2/h5-8H,3-4,9-11H2,1-2H3,(H,16,17). The maximum absolute atomic E-state index is 11.5. The molecule has 0 aliphatic rings. The summed E-state index contributed by atoms with van der Waals surface area (Å²) in [5.74, 6) is 0.0838. The van der Waals surface area contributed by atoms with Gasteiger partial charge in [-0.3, -0.25) is 9.59 Å². The first-order valence-electron chi connectivity index (χ1n) is 6.79. The summed E-state index contributed by atoms with van der Waals surface area (Å²) in [7, 11) is 0. The highest BCUT2D eigenvalue weighted by Gasteiger charge is 2.05. The second kappa shape index (κ2) is 8.96. The fourth-order valence-electron chi connectivity index (χ4n) is 1.56. The number of nitrogens with one attached hydrogen (secondary N) is 1. The summed E-state index contributed by atoms with van der Waals surface area (Å²) in [5, 5.41) is 2.60. The maximum Gasteiger partial charge on any atom is 0.307 e. The average molecular weight is 279 g/mol. The van der Waals surface area contributed by atoms with Crippen molar-refractivity contribution in [1.82, 2.24) is 5.32 Å². The Hall–Kier alpha value is -2.04. The van der Waals surface area contributed by atoms with Gasteiger partial charge in [0.05, 0.1) is 13.0 Å². The SMILES string of the molecule is CCOC(=O)CCNC(=O)COc1ccc(CC)cc1. The van der Waals surface area contributed by atoms with Gasteiger partial charge in [0.2, 0.25) is 0 Å². The minimum atomic E-state index is -0.316. The van der Waals surface area contributed by atoms with Gasteiger partial charge in [0.25, 0.3) is 5.91 Å². The minimum absolute atomic E-state index is 0.0612. The fourth-order valence-corrected chi connectivity index (χ4v) is 1.56. The van der Waals surface area contributed by atoms with Crippen LogP contribution in [0.1, 0.15) is 25.8 Å². The quantitative estimate of drug-likeness (QED) is 0.736. The summed E-state index contributed by atoms with van der Waals surface area (Å²) >= 11 is 0. The summed E-state index contributed by atoms with van der Waals surface area (Å²) in [6.45, 7) is 4.37. The molecule has 20 heavy (non-hydrogen) atoms. The molecule has 0 fully saturated rings. The Bertz CT molecular complexity index is 428. The van der Waals surface area contributed by atoms with Crippen molar-refractivity contribution in [1.29, 1.82) is 0 Å². The molecule has 0 atom stereocenters. The van der Waals surface area contributed by atoms with E-state index < -0.39 is 0 Å². The van der Waals surface area contributed by atoms with E-state index in [0.717, 1.165) is 6.42 Å². The summed E-state index contributed by atoms with van der Waals surface area (Å²) in [6, 6.07) is 7.61. The molecule has 1 rings (SSSR count). The Morgan fingerprint density at radius 3 is 2.45 bits per heavy atom. The zero-order valence-corrected chi connectivity index (χ0v) is 12.0. The van der Waals surface area contributed by atoms with Crippen LogP contribution in [0.25, 0.3) is 0 Å². The first-order chi connectivity index (χ1) is 9.65. The van der Waals surface area contributed by atoms with Gasteiger partial charge in [0.15, 0.2) is 6.61 Å². The second-order valence-electron chi connectivity index (χ2n) is 4.19. The highest BCUT2D eigenvalue weighted by Crippen LogP contribution is 2.12. The Morgan fingerprint density at radius 1 is 1.15 bits per heavy atom. The first kappa shape index (κ1) is 16.0. The molecule has 0 heterocycles. The zero-order valence-electron chi connectivity index (χ0n) is 12.0. The summed E-state index contributed by atoms with van der Waals surface area (Å²) in [4.78, 5) is 22.6. The minimum Gasteiger partial charge on any atom is -0.484 e. The molecule has 1 amide bonds. The Morgan fingerprint density at radius 2 is 1.85 bits per heavy atom. The van der Waals surface area contributed by atoms with Crippen molar-refractivity contribution in [2.45, 2.75) is 26.7 Å². The van der Waals surface area contributed by atoms with Crippen LogP contribution in [0.4, 0.5) is 0 Å². The molecule has 1 aromatic carbocycles. The predicted molar refractivity (Wildman–Crippen MR) is 75.6 cm³/mol. The molecular weight excluding hydrogens is 258 g/mol. The van der Waals surface area contributed by atoms with Crippen molar-refractivity contribution in [2.24, 2.45) is 0 Å². The lowest BCUT2D eigenvalue weighted by Crippen LogP contribution is -2.31. The van der Waals surface area contributed by atoms with E-state index in [1.165, 1.54) is 5.56 Å². The molecule has 0 unspecified atom stereocenters. The molecule has 0 saturated heterocycles. The molecule has 0 aliphatic carbocycles. The number of ether oxygens (including phenoxy) is 2. The number of hydrogen-bond acceptors (Lipinski definition) is 4. The molecular formula is C15H21NO4. The number of aryl methyl sites for hydroxylation is 1. The van der Waals surface area contributed by atoms with E-state index >= 15 is 0 Å². The molecule has 1 aromatic rings. The highest BCUT2D eigenvalue weighted by molar-refractivity contribution is 5.78. The molecule has 1 N–H and O–H groups in total. The Kier molecular flexibility index (Phi) is 7.17. The van der Waals surface area contributed by atoms with Crippen molar-refractivity contribution in [3.63, 3.8) is 0 Å². The lowest BCUT2D eigenvalue weighted by Gasteiger charge is -2.07. The molecule has 0 aromatic heterocycles. The monoisotopic (exact) mass is 279 g/mol. The molecule has 0 saturated carbocycles. The Labute approximate surface area is 119 Å². The van der Waals surface area contributed by atoms with Crippen LogP contribution in [0.3, 0.4) is 0 Å². The van der Waals surface area contributed by atoms with Crippen LogP contribution in [0.2, 0.25) is 0 Å². The van der Waals surface area contributed by atoms with E-state index in [0.29, 0.717) is 12.4 Å². The van der Waals surface area contributed by atoms with Crippen LogP contribution in [-0.4, -0.2) is 31.6 Å². The number of carbonyl (C=O) groups excluding carboxylic acids is 2. The van der Waals surface area contributed by atoms with Gasteiger partial charge in [0, 0.05) is 6.54 Å². The smallest absolute Gasteiger partial charge is 0.307 e. The number of esters is 1. The van der Waals surface area contributed by atoms with Crippen molar-refractivity contribution < 1.29 is 19.1 Å². The molecule has 5 heteroatoms. The zero-order chi connectivity index (χ0) is 14.8. The molecule has 0 radical (unpaired) electrons. The average Bonchev–Trinajstić information content (AvgIpc) is 2.46. The number of amides is 1. The third-order valence-corrected chi connectivity index (χ3v) is 2.66. The third-order valence-electron chi connectivity index (χ3n) is 2.66.